The van der Waals surface area contributed by atoms with Crippen LogP contribution in [0.5, 0.6) is 0 Å². The predicted octanol–water partition coefficient (Wildman–Crippen LogP) is 3.75. The van der Waals surface area contributed by atoms with Crippen molar-refractivity contribution in [1.82, 2.24) is 0 Å². The molecule has 80 valence electrons. The van der Waals surface area contributed by atoms with Crippen LogP contribution in [0.2, 0.25) is 0 Å². The lowest BCUT2D eigenvalue weighted by Gasteiger charge is -2.09. The Kier molecular flexibility index (Phi) is 3.57. The Morgan fingerprint density at radius 3 is 2.73 bits per heavy atom. The van der Waals surface area contributed by atoms with Gasteiger partial charge >= 0.3 is 0 Å². The van der Waals surface area contributed by atoms with Crippen LogP contribution in [0, 0.1) is 6.92 Å². The molecule has 0 amide bonds. The fraction of sp³-hybridized carbons (Fsp3) is 0.333. The average molecular weight is 237 g/mol. The van der Waals surface area contributed by atoms with Gasteiger partial charge in [0, 0.05) is 15.8 Å². The number of hydrogen-bond donors (Lipinski definition) is 1. The van der Waals surface area contributed by atoms with Gasteiger partial charge in [-0.3, -0.25) is 0 Å². The van der Waals surface area contributed by atoms with Gasteiger partial charge in [0.2, 0.25) is 0 Å². The highest BCUT2D eigenvalue weighted by Crippen LogP contribution is 2.26. The summed E-state index contributed by atoms with van der Waals surface area (Å²) in [4.78, 5) is 2.77. The van der Waals surface area contributed by atoms with Crippen molar-refractivity contribution >= 4 is 22.7 Å². The molecular weight excluding hydrogens is 222 g/mol. The quantitative estimate of drug-likeness (QED) is 0.861. The SMILES string of the molecule is Cc1ccsc1C(N)CCc1cccs1. The minimum absolute atomic E-state index is 0.201. The van der Waals surface area contributed by atoms with Crippen molar-refractivity contribution in [3.8, 4) is 0 Å². The molecule has 15 heavy (non-hydrogen) atoms. The second-order valence-corrected chi connectivity index (χ2v) is 5.67. The number of hydrogen-bond acceptors (Lipinski definition) is 3. The number of aryl methyl sites for hydroxylation is 2. The Bertz CT molecular complexity index is 403. The maximum absolute atomic E-state index is 6.17. The summed E-state index contributed by atoms with van der Waals surface area (Å²) in [7, 11) is 0. The number of rotatable bonds is 4. The van der Waals surface area contributed by atoms with E-state index < -0.39 is 0 Å². The molecule has 0 spiro atoms. The van der Waals surface area contributed by atoms with Gasteiger partial charge in [-0.1, -0.05) is 6.07 Å². The summed E-state index contributed by atoms with van der Waals surface area (Å²) in [6, 6.07) is 6.62. The zero-order chi connectivity index (χ0) is 10.7. The molecule has 2 N–H and O–H groups in total. The van der Waals surface area contributed by atoms with Crippen molar-refractivity contribution in [3.05, 3.63) is 44.3 Å². The largest absolute Gasteiger partial charge is 0.323 e. The van der Waals surface area contributed by atoms with Gasteiger partial charge in [0.15, 0.2) is 0 Å². The first-order chi connectivity index (χ1) is 7.27. The van der Waals surface area contributed by atoms with Gasteiger partial charge in [0.25, 0.3) is 0 Å². The van der Waals surface area contributed by atoms with E-state index in [0.29, 0.717) is 0 Å². The van der Waals surface area contributed by atoms with E-state index in [4.69, 9.17) is 5.73 Å². The average Bonchev–Trinajstić information content (AvgIpc) is 2.84. The van der Waals surface area contributed by atoms with Gasteiger partial charge in [0.05, 0.1) is 0 Å². The maximum atomic E-state index is 6.17. The molecule has 1 nitrogen and oxygen atoms in total. The second-order valence-electron chi connectivity index (χ2n) is 3.69. The highest BCUT2D eigenvalue weighted by atomic mass is 32.1. The fourth-order valence-corrected chi connectivity index (χ4v) is 3.34. The molecule has 3 heteroatoms. The Labute approximate surface area is 98.6 Å². The molecule has 2 rings (SSSR count). The first kappa shape index (κ1) is 10.9. The lowest BCUT2D eigenvalue weighted by atomic mass is 10.1. The summed E-state index contributed by atoms with van der Waals surface area (Å²) >= 11 is 3.59. The highest BCUT2D eigenvalue weighted by Gasteiger charge is 2.10. The zero-order valence-corrected chi connectivity index (χ0v) is 10.4. The highest BCUT2D eigenvalue weighted by molar-refractivity contribution is 7.10. The lowest BCUT2D eigenvalue weighted by Crippen LogP contribution is -2.10. The summed E-state index contributed by atoms with van der Waals surface area (Å²) in [5.74, 6) is 0. The normalized spacial score (nSPS) is 12.9. The molecule has 2 aromatic rings. The Morgan fingerprint density at radius 2 is 2.13 bits per heavy atom. The van der Waals surface area contributed by atoms with Crippen LogP contribution in [-0.2, 0) is 6.42 Å². The summed E-state index contributed by atoms with van der Waals surface area (Å²) in [6.07, 6.45) is 2.14. The van der Waals surface area contributed by atoms with Crippen molar-refractivity contribution < 1.29 is 0 Å². The van der Waals surface area contributed by atoms with Crippen LogP contribution in [-0.4, -0.2) is 0 Å². The van der Waals surface area contributed by atoms with Gasteiger partial charge < -0.3 is 5.73 Å². The number of thiophene rings is 2. The van der Waals surface area contributed by atoms with E-state index in [9.17, 15) is 0 Å². The summed E-state index contributed by atoms with van der Waals surface area (Å²) in [6.45, 7) is 2.14. The van der Waals surface area contributed by atoms with E-state index in [1.165, 1.54) is 15.3 Å². The topological polar surface area (TPSA) is 26.0 Å². The molecular formula is C12H15NS2. The van der Waals surface area contributed by atoms with E-state index >= 15 is 0 Å². The molecule has 0 radical (unpaired) electrons. The molecule has 0 aliphatic heterocycles. The molecule has 0 aromatic carbocycles. The molecule has 0 saturated carbocycles. The van der Waals surface area contributed by atoms with E-state index in [1.54, 1.807) is 11.3 Å². The van der Waals surface area contributed by atoms with Crippen molar-refractivity contribution in [2.45, 2.75) is 25.8 Å². The van der Waals surface area contributed by atoms with Gasteiger partial charge in [-0.15, -0.1) is 22.7 Å². The molecule has 2 heterocycles. The first-order valence-corrected chi connectivity index (χ1v) is 6.85. The standard InChI is InChI=1S/C12H15NS2/c1-9-6-8-15-12(9)11(13)5-4-10-3-2-7-14-10/h2-3,6-8,11H,4-5,13H2,1H3. The van der Waals surface area contributed by atoms with Crippen LogP contribution in [0.1, 0.15) is 27.8 Å². The Balaban J connectivity index is 1.93. The maximum Gasteiger partial charge on any atom is 0.0395 e. The minimum atomic E-state index is 0.201. The van der Waals surface area contributed by atoms with Gasteiger partial charge in [-0.25, -0.2) is 0 Å². The third kappa shape index (κ3) is 2.68. The Hall–Kier alpha value is -0.640. The molecule has 0 aliphatic rings. The summed E-state index contributed by atoms with van der Waals surface area (Å²) in [5.41, 5.74) is 7.50. The molecule has 0 fully saturated rings. The molecule has 1 unspecified atom stereocenters. The van der Waals surface area contributed by atoms with Crippen LogP contribution in [0.3, 0.4) is 0 Å². The van der Waals surface area contributed by atoms with E-state index in [0.717, 1.165) is 12.8 Å². The van der Waals surface area contributed by atoms with Crippen molar-refractivity contribution in [2.75, 3.05) is 0 Å². The third-order valence-electron chi connectivity index (χ3n) is 2.52. The van der Waals surface area contributed by atoms with E-state index in [2.05, 4.69) is 35.9 Å². The van der Waals surface area contributed by atoms with E-state index in [-0.39, 0.29) is 6.04 Å². The van der Waals surface area contributed by atoms with Crippen molar-refractivity contribution in [3.63, 3.8) is 0 Å². The molecule has 0 aliphatic carbocycles. The third-order valence-corrected chi connectivity index (χ3v) is 4.61. The minimum Gasteiger partial charge on any atom is -0.323 e. The summed E-state index contributed by atoms with van der Waals surface area (Å²) < 4.78 is 0. The smallest absolute Gasteiger partial charge is 0.0395 e. The second kappa shape index (κ2) is 4.92. The van der Waals surface area contributed by atoms with Crippen LogP contribution in [0.15, 0.2) is 29.0 Å². The monoisotopic (exact) mass is 237 g/mol. The predicted molar refractivity (Wildman–Crippen MR) is 68.6 cm³/mol. The summed E-state index contributed by atoms with van der Waals surface area (Å²) in [5, 5.41) is 4.24. The van der Waals surface area contributed by atoms with Crippen molar-refractivity contribution in [2.24, 2.45) is 5.73 Å². The number of nitrogens with two attached hydrogens (primary N) is 1. The van der Waals surface area contributed by atoms with Crippen molar-refractivity contribution in [1.29, 1.82) is 0 Å². The molecule has 0 bridgehead atoms. The fourth-order valence-electron chi connectivity index (χ4n) is 1.65. The van der Waals surface area contributed by atoms with Crippen LogP contribution < -0.4 is 5.73 Å². The molecule has 0 saturated heterocycles. The van der Waals surface area contributed by atoms with Crippen LogP contribution >= 0.6 is 22.7 Å². The molecule has 2 aromatic heterocycles. The van der Waals surface area contributed by atoms with Gasteiger partial charge in [-0.2, -0.15) is 0 Å². The van der Waals surface area contributed by atoms with Gasteiger partial charge in [0.1, 0.15) is 0 Å². The van der Waals surface area contributed by atoms with Crippen LogP contribution in [0.4, 0.5) is 0 Å². The zero-order valence-electron chi connectivity index (χ0n) is 8.77. The lowest BCUT2D eigenvalue weighted by molar-refractivity contribution is 0.663. The van der Waals surface area contributed by atoms with Crippen LogP contribution in [0.25, 0.3) is 0 Å². The Morgan fingerprint density at radius 1 is 1.27 bits per heavy atom. The van der Waals surface area contributed by atoms with Gasteiger partial charge in [-0.05, 0) is 48.2 Å². The first-order valence-electron chi connectivity index (χ1n) is 5.09. The van der Waals surface area contributed by atoms with E-state index in [1.807, 2.05) is 11.3 Å². The molecule has 1 atom stereocenters.